The lowest BCUT2D eigenvalue weighted by Crippen LogP contribution is -2.23. The molecule has 0 fully saturated rings. The van der Waals surface area contributed by atoms with Crippen molar-refractivity contribution in [2.45, 2.75) is 25.5 Å². The molecule has 1 rings (SSSR count). The highest BCUT2D eigenvalue weighted by Gasteiger charge is 2.17. The zero-order chi connectivity index (χ0) is 12.1. The van der Waals surface area contributed by atoms with Crippen molar-refractivity contribution in [1.29, 1.82) is 0 Å². The Morgan fingerprint density at radius 3 is 2.75 bits per heavy atom. The fourth-order valence-electron chi connectivity index (χ4n) is 1.61. The van der Waals surface area contributed by atoms with Crippen LogP contribution in [-0.2, 0) is 4.74 Å². The maximum Gasteiger partial charge on any atom is 0.128 e. The molecule has 16 heavy (non-hydrogen) atoms. The zero-order valence-electron chi connectivity index (χ0n) is 9.76. The quantitative estimate of drug-likeness (QED) is 0.898. The fourth-order valence-corrected chi connectivity index (χ4v) is 1.99. The Bertz CT molecular complexity index is 346. The molecular formula is C12H17BrFNO. The predicted molar refractivity (Wildman–Crippen MR) is 67.0 cm³/mol. The summed E-state index contributed by atoms with van der Waals surface area (Å²) in [6.07, 6.45) is 0.830. The number of hydrogen-bond acceptors (Lipinski definition) is 2. The third kappa shape index (κ3) is 3.54. The molecule has 0 amide bonds. The van der Waals surface area contributed by atoms with Crippen LogP contribution in [0.4, 0.5) is 4.39 Å². The van der Waals surface area contributed by atoms with Crippen LogP contribution in [0.5, 0.6) is 0 Å². The van der Waals surface area contributed by atoms with Crippen LogP contribution in [0.3, 0.4) is 0 Å². The van der Waals surface area contributed by atoms with Gasteiger partial charge in [-0.2, -0.15) is 0 Å². The molecule has 0 spiro atoms. The molecule has 2 nitrogen and oxygen atoms in total. The molecule has 0 radical (unpaired) electrons. The smallest absolute Gasteiger partial charge is 0.128 e. The summed E-state index contributed by atoms with van der Waals surface area (Å²) >= 11 is 3.35. The minimum absolute atomic E-state index is 0.0348. The molecule has 0 bridgehead atoms. The normalized spacial score (nSPS) is 14.8. The van der Waals surface area contributed by atoms with Gasteiger partial charge in [0.15, 0.2) is 0 Å². The number of hydrogen-bond donors (Lipinski definition) is 1. The van der Waals surface area contributed by atoms with E-state index in [1.807, 2.05) is 14.0 Å². The molecule has 0 aromatic heterocycles. The van der Waals surface area contributed by atoms with Crippen molar-refractivity contribution >= 4 is 15.9 Å². The standard InChI is InChI=1S/C12H17BrFNO/c1-8(16-3)6-12(15-2)10-7-9(13)4-5-11(10)14/h4-5,7-8,12,15H,6H2,1-3H3. The number of methoxy groups -OCH3 is 1. The van der Waals surface area contributed by atoms with Crippen LogP contribution in [0.15, 0.2) is 22.7 Å². The summed E-state index contributed by atoms with van der Waals surface area (Å²) in [6.45, 7) is 1.97. The topological polar surface area (TPSA) is 21.3 Å². The molecule has 0 heterocycles. The number of ether oxygens (including phenoxy) is 1. The van der Waals surface area contributed by atoms with Gasteiger partial charge in [-0.05, 0) is 38.6 Å². The van der Waals surface area contributed by atoms with Gasteiger partial charge < -0.3 is 10.1 Å². The van der Waals surface area contributed by atoms with Crippen molar-refractivity contribution in [3.8, 4) is 0 Å². The van der Waals surface area contributed by atoms with E-state index in [-0.39, 0.29) is 18.0 Å². The van der Waals surface area contributed by atoms with Gasteiger partial charge in [0.25, 0.3) is 0 Å². The summed E-state index contributed by atoms with van der Waals surface area (Å²) in [5, 5.41) is 3.11. The first-order chi connectivity index (χ1) is 7.58. The molecule has 0 aliphatic rings. The Morgan fingerprint density at radius 1 is 1.50 bits per heavy atom. The SMILES string of the molecule is CNC(CC(C)OC)c1cc(Br)ccc1F. The zero-order valence-corrected chi connectivity index (χ0v) is 11.3. The molecule has 2 unspecified atom stereocenters. The average molecular weight is 290 g/mol. The third-order valence-corrected chi connectivity index (χ3v) is 3.15. The second-order valence-electron chi connectivity index (χ2n) is 3.79. The maximum absolute atomic E-state index is 13.7. The predicted octanol–water partition coefficient (Wildman–Crippen LogP) is 3.27. The fraction of sp³-hybridized carbons (Fsp3) is 0.500. The highest BCUT2D eigenvalue weighted by molar-refractivity contribution is 9.10. The molecule has 0 saturated heterocycles. The van der Waals surface area contributed by atoms with Crippen LogP contribution < -0.4 is 5.32 Å². The Morgan fingerprint density at radius 2 is 2.19 bits per heavy atom. The van der Waals surface area contributed by atoms with E-state index in [4.69, 9.17) is 4.74 Å². The van der Waals surface area contributed by atoms with Crippen LogP contribution in [-0.4, -0.2) is 20.3 Å². The van der Waals surface area contributed by atoms with E-state index >= 15 is 0 Å². The Kier molecular flexibility index (Phi) is 5.38. The number of rotatable bonds is 5. The summed E-state index contributed by atoms with van der Waals surface area (Å²) in [5.74, 6) is -0.189. The van der Waals surface area contributed by atoms with Gasteiger partial charge in [-0.15, -0.1) is 0 Å². The first-order valence-electron chi connectivity index (χ1n) is 5.23. The van der Waals surface area contributed by atoms with E-state index in [0.717, 1.165) is 10.9 Å². The summed E-state index contributed by atoms with van der Waals surface area (Å²) < 4.78 is 19.7. The molecule has 1 aromatic rings. The maximum atomic E-state index is 13.7. The number of halogens is 2. The first-order valence-corrected chi connectivity index (χ1v) is 6.02. The van der Waals surface area contributed by atoms with Gasteiger partial charge in [0.2, 0.25) is 0 Å². The van der Waals surface area contributed by atoms with Crippen LogP contribution in [0.1, 0.15) is 24.9 Å². The minimum Gasteiger partial charge on any atom is -0.382 e. The average Bonchev–Trinajstić information content (AvgIpc) is 2.29. The minimum atomic E-state index is -0.189. The van der Waals surface area contributed by atoms with Gasteiger partial charge in [0.05, 0.1) is 6.10 Å². The third-order valence-electron chi connectivity index (χ3n) is 2.65. The van der Waals surface area contributed by atoms with Crippen molar-refractivity contribution in [3.05, 3.63) is 34.1 Å². The largest absolute Gasteiger partial charge is 0.382 e. The Balaban J connectivity index is 2.89. The summed E-state index contributed by atoms with van der Waals surface area (Å²) in [7, 11) is 3.49. The van der Waals surface area contributed by atoms with Crippen molar-refractivity contribution in [2.24, 2.45) is 0 Å². The van der Waals surface area contributed by atoms with Gasteiger partial charge in [-0.1, -0.05) is 15.9 Å². The van der Waals surface area contributed by atoms with Crippen LogP contribution >= 0.6 is 15.9 Å². The van der Waals surface area contributed by atoms with Crippen LogP contribution in [0.25, 0.3) is 0 Å². The second kappa shape index (κ2) is 6.33. The van der Waals surface area contributed by atoms with Crippen molar-refractivity contribution < 1.29 is 9.13 Å². The molecule has 0 aliphatic carbocycles. The summed E-state index contributed by atoms with van der Waals surface area (Å²) in [4.78, 5) is 0. The first kappa shape index (κ1) is 13.6. The van der Waals surface area contributed by atoms with Gasteiger partial charge >= 0.3 is 0 Å². The van der Waals surface area contributed by atoms with E-state index < -0.39 is 0 Å². The lowest BCUT2D eigenvalue weighted by molar-refractivity contribution is 0.101. The van der Waals surface area contributed by atoms with Crippen molar-refractivity contribution in [1.82, 2.24) is 5.32 Å². The van der Waals surface area contributed by atoms with Gasteiger partial charge in [0, 0.05) is 23.2 Å². The van der Waals surface area contributed by atoms with Crippen molar-refractivity contribution in [2.75, 3.05) is 14.2 Å². The second-order valence-corrected chi connectivity index (χ2v) is 4.70. The highest BCUT2D eigenvalue weighted by atomic mass is 79.9. The molecule has 90 valence electrons. The lowest BCUT2D eigenvalue weighted by Gasteiger charge is -2.20. The summed E-state index contributed by atoms with van der Waals surface area (Å²) in [6, 6.07) is 4.94. The van der Waals surface area contributed by atoms with E-state index in [2.05, 4.69) is 21.2 Å². The number of nitrogens with one attached hydrogen (secondary N) is 1. The molecule has 1 aromatic carbocycles. The van der Waals surface area contributed by atoms with Crippen LogP contribution in [0, 0.1) is 5.82 Å². The van der Waals surface area contributed by atoms with E-state index in [0.29, 0.717) is 5.56 Å². The molecule has 0 aliphatic heterocycles. The molecule has 4 heteroatoms. The van der Waals surface area contributed by atoms with E-state index in [1.54, 1.807) is 19.2 Å². The molecule has 2 atom stereocenters. The van der Waals surface area contributed by atoms with E-state index in [9.17, 15) is 4.39 Å². The molecular weight excluding hydrogens is 273 g/mol. The van der Waals surface area contributed by atoms with Crippen LogP contribution in [0.2, 0.25) is 0 Å². The lowest BCUT2D eigenvalue weighted by atomic mass is 10.0. The highest BCUT2D eigenvalue weighted by Crippen LogP contribution is 2.25. The summed E-state index contributed by atoms with van der Waals surface area (Å²) in [5.41, 5.74) is 0.667. The van der Waals surface area contributed by atoms with Gasteiger partial charge in [-0.25, -0.2) is 4.39 Å². The molecule has 0 saturated carbocycles. The van der Waals surface area contributed by atoms with Crippen molar-refractivity contribution in [3.63, 3.8) is 0 Å². The van der Waals surface area contributed by atoms with Gasteiger partial charge in [0.1, 0.15) is 5.82 Å². The number of benzene rings is 1. The Labute approximate surface area is 104 Å². The Hall–Kier alpha value is -0.450. The molecule has 1 N–H and O–H groups in total. The van der Waals surface area contributed by atoms with E-state index in [1.165, 1.54) is 6.07 Å². The van der Waals surface area contributed by atoms with Gasteiger partial charge in [-0.3, -0.25) is 0 Å². The monoisotopic (exact) mass is 289 g/mol.